The normalized spacial score (nSPS) is 9.94. The molecule has 1 heterocycles. The number of anilines is 2. The van der Waals surface area contributed by atoms with Crippen molar-refractivity contribution < 1.29 is 4.79 Å². The van der Waals surface area contributed by atoms with E-state index in [0.29, 0.717) is 9.88 Å². The average Bonchev–Trinajstić information content (AvgIpc) is 2.63. The molecular weight excluding hydrogens is 236 g/mol. The number of carbonyl (C=O) groups excluding carboxylic acids is 1. The van der Waals surface area contributed by atoms with Gasteiger partial charge in [-0.2, -0.15) is 5.26 Å². The highest BCUT2D eigenvalue weighted by molar-refractivity contribution is 7.17. The van der Waals surface area contributed by atoms with Gasteiger partial charge in [0.25, 0.3) is 5.91 Å². The van der Waals surface area contributed by atoms with E-state index in [9.17, 15) is 4.79 Å². The minimum Gasteiger partial charge on any atom is -0.396 e. The molecule has 0 fully saturated rings. The van der Waals surface area contributed by atoms with Crippen molar-refractivity contribution in [1.29, 1.82) is 5.26 Å². The number of nitrogens with zero attached hydrogens (tertiary/aromatic N) is 2. The number of amides is 1. The van der Waals surface area contributed by atoms with Crippen LogP contribution in [0.5, 0.6) is 0 Å². The SMILES string of the molecule is CCCCN(C)c1sc(C#N)c(N)c1C(N)=O. The third kappa shape index (κ3) is 2.68. The molecule has 0 unspecified atom stereocenters. The van der Waals surface area contributed by atoms with E-state index in [-0.39, 0.29) is 11.3 Å². The molecule has 0 atom stereocenters. The molecule has 17 heavy (non-hydrogen) atoms. The highest BCUT2D eigenvalue weighted by Crippen LogP contribution is 2.37. The molecule has 0 radical (unpaired) electrons. The van der Waals surface area contributed by atoms with Crippen LogP contribution in [0.3, 0.4) is 0 Å². The Bertz CT molecular complexity index is 461. The minimum absolute atomic E-state index is 0.198. The Morgan fingerprint density at radius 3 is 2.71 bits per heavy atom. The van der Waals surface area contributed by atoms with E-state index in [1.54, 1.807) is 0 Å². The van der Waals surface area contributed by atoms with E-state index >= 15 is 0 Å². The van der Waals surface area contributed by atoms with Gasteiger partial charge in [0.1, 0.15) is 15.9 Å². The molecule has 0 bridgehead atoms. The average molecular weight is 252 g/mol. The van der Waals surface area contributed by atoms with Crippen LogP contribution in [0.4, 0.5) is 10.7 Å². The largest absolute Gasteiger partial charge is 0.396 e. The maximum Gasteiger partial charge on any atom is 0.253 e. The van der Waals surface area contributed by atoms with Gasteiger partial charge < -0.3 is 16.4 Å². The van der Waals surface area contributed by atoms with Crippen molar-refractivity contribution in [2.45, 2.75) is 19.8 Å². The topological polar surface area (TPSA) is 96.1 Å². The van der Waals surface area contributed by atoms with Crippen LogP contribution in [0.15, 0.2) is 0 Å². The number of nitriles is 1. The van der Waals surface area contributed by atoms with Crippen molar-refractivity contribution in [3.8, 4) is 6.07 Å². The summed E-state index contributed by atoms with van der Waals surface area (Å²) in [6.45, 7) is 2.90. The molecule has 92 valence electrons. The third-order valence-corrected chi connectivity index (χ3v) is 3.69. The van der Waals surface area contributed by atoms with Crippen molar-refractivity contribution in [2.75, 3.05) is 24.2 Å². The Balaban J connectivity index is 3.14. The molecular formula is C11H16N4OS. The van der Waals surface area contributed by atoms with Crippen molar-refractivity contribution in [2.24, 2.45) is 5.73 Å². The van der Waals surface area contributed by atoms with E-state index in [4.69, 9.17) is 16.7 Å². The fraction of sp³-hybridized carbons (Fsp3) is 0.455. The fourth-order valence-corrected chi connectivity index (χ4v) is 2.53. The van der Waals surface area contributed by atoms with Crippen LogP contribution < -0.4 is 16.4 Å². The third-order valence-electron chi connectivity index (χ3n) is 2.47. The first-order chi connectivity index (χ1) is 8.02. The molecule has 1 aromatic heterocycles. The minimum atomic E-state index is -0.585. The monoisotopic (exact) mass is 252 g/mol. The summed E-state index contributed by atoms with van der Waals surface area (Å²) in [4.78, 5) is 13.6. The number of hydrogen-bond acceptors (Lipinski definition) is 5. The first-order valence-electron chi connectivity index (χ1n) is 5.36. The molecule has 1 amide bonds. The van der Waals surface area contributed by atoms with Gasteiger partial charge in [0.15, 0.2) is 0 Å². The predicted molar refractivity (Wildman–Crippen MR) is 70.1 cm³/mol. The van der Waals surface area contributed by atoms with E-state index in [2.05, 4.69) is 6.92 Å². The lowest BCUT2D eigenvalue weighted by Crippen LogP contribution is -2.22. The van der Waals surface area contributed by atoms with E-state index in [1.807, 2.05) is 18.0 Å². The molecule has 6 heteroatoms. The maximum atomic E-state index is 11.4. The Hall–Kier alpha value is -1.74. The lowest BCUT2D eigenvalue weighted by atomic mass is 10.2. The predicted octanol–water partition coefficient (Wildman–Crippen LogP) is 1.54. The Morgan fingerprint density at radius 1 is 1.59 bits per heavy atom. The number of primary amides is 1. The molecule has 0 saturated heterocycles. The smallest absolute Gasteiger partial charge is 0.253 e. The van der Waals surface area contributed by atoms with Crippen LogP contribution in [0.25, 0.3) is 0 Å². The Morgan fingerprint density at radius 2 is 2.24 bits per heavy atom. The summed E-state index contributed by atoms with van der Waals surface area (Å²) in [5, 5.41) is 9.59. The van der Waals surface area contributed by atoms with Gasteiger partial charge in [-0.05, 0) is 6.42 Å². The second-order valence-electron chi connectivity index (χ2n) is 3.78. The molecule has 0 spiro atoms. The van der Waals surface area contributed by atoms with Gasteiger partial charge in [0, 0.05) is 13.6 Å². The summed E-state index contributed by atoms with van der Waals surface area (Å²) in [6.07, 6.45) is 2.07. The second-order valence-corrected chi connectivity index (χ2v) is 4.78. The fourth-order valence-electron chi connectivity index (χ4n) is 1.52. The molecule has 0 aliphatic carbocycles. The first kappa shape index (κ1) is 13.3. The summed E-state index contributed by atoms with van der Waals surface area (Å²) < 4.78 is 0. The quantitative estimate of drug-likeness (QED) is 0.830. The standard InChI is InChI=1S/C11H16N4OS/c1-3-4-5-15(2)11-8(10(14)16)9(13)7(6-12)17-11/h3-5,13H2,1-2H3,(H2,14,16). The molecule has 5 nitrogen and oxygen atoms in total. The van der Waals surface area contributed by atoms with Crippen LogP contribution in [-0.2, 0) is 0 Å². The molecule has 0 aliphatic heterocycles. The van der Waals surface area contributed by atoms with Crippen LogP contribution in [0, 0.1) is 11.3 Å². The van der Waals surface area contributed by atoms with E-state index < -0.39 is 5.91 Å². The molecule has 1 aromatic rings. The number of carbonyl (C=O) groups is 1. The molecule has 0 aromatic carbocycles. The van der Waals surface area contributed by atoms with Gasteiger partial charge in [0.05, 0.1) is 11.3 Å². The van der Waals surface area contributed by atoms with Gasteiger partial charge in [-0.15, -0.1) is 11.3 Å². The number of nitrogens with two attached hydrogens (primary N) is 2. The summed E-state index contributed by atoms with van der Waals surface area (Å²) in [5.74, 6) is -0.585. The summed E-state index contributed by atoms with van der Waals surface area (Å²) in [7, 11) is 1.87. The number of rotatable bonds is 5. The zero-order chi connectivity index (χ0) is 13.0. The van der Waals surface area contributed by atoms with Crippen molar-refractivity contribution in [3.05, 3.63) is 10.4 Å². The maximum absolute atomic E-state index is 11.4. The Kier molecular flexibility index (Phi) is 4.35. The second kappa shape index (κ2) is 5.55. The molecule has 0 aliphatic rings. The van der Waals surface area contributed by atoms with Crippen LogP contribution in [0.1, 0.15) is 35.0 Å². The summed E-state index contributed by atoms with van der Waals surface area (Å²) in [6, 6.07) is 1.98. The molecule has 0 saturated carbocycles. The van der Waals surface area contributed by atoms with Crippen molar-refractivity contribution in [1.82, 2.24) is 0 Å². The number of hydrogen-bond donors (Lipinski definition) is 2. The number of unbranched alkanes of at least 4 members (excludes halogenated alkanes) is 1. The van der Waals surface area contributed by atoms with Gasteiger partial charge >= 0.3 is 0 Å². The van der Waals surface area contributed by atoms with Crippen LogP contribution in [0.2, 0.25) is 0 Å². The van der Waals surface area contributed by atoms with Crippen LogP contribution in [-0.4, -0.2) is 19.5 Å². The number of nitrogen functional groups attached to an aromatic ring is 1. The summed E-state index contributed by atoms with van der Waals surface area (Å²) in [5.41, 5.74) is 11.5. The zero-order valence-corrected chi connectivity index (χ0v) is 10.8. The van der Waals surface area contributed by atoms with Gasteiger partial charge in [0.2, 0.25) is 0 Å². The highest BCUT2D eigenvalue weighted by Gasteiger charge is 2.22. The molecule has 1 rings (SSSR count). The van der Waals surface area contributed by atoms with Crippen molar-refractivity contribution in [3.63, 3.8) is 0 Å². The lowest BCUT2D eigenvalue weighted by Gasteiger charge is -2.17. The summed E-state index contributed by atoms with van der Waals surface area (Å²) >= 11 is 1.21. The van der Waals surface area contributed by atoms with Crippen molar-refractivity contribution >= 4 is 27.9 Å². The first-order valence-corrected chi connectivity index (χ1v) is 6.17. The highest BCUT2D eigenvalue weighted by atomic mass is 32.1. The van der Waals surface area contributed by atoms with Gasteiger partial charge in [-0.25, -0.2) is 0 Å². The van der Waals surface area contributed by atoms with Gasteiger partial charge in [-0.3, -0.25) is 4.79 Å². The zero-order valence-electron chi connectivity index (χ0n) is 9.99. The Labute approximate surface area is 105 Å². The van der Waals surface area contributed by atoms with E-state index in [0.717, 1.165) is 19.4 Å². The molecule has 4 N–H and O–H groups in total. The van der Waals surface area contributed by atoms with Gasteiger partial charge in [-0.1, -0.05) is 13.3 Å². The van der Waals surface area contributed by atoms with E-state index in [1.165, 1.54) is 11.3 Å². The lowest BCUT2D eigenvalue weighted by molar-refractivity contribution is 0.100. The van der Waals surface area contributed by atoms with Crippen LogP contribution >= 0.6 is 11.3 Å². The number of thiophene rings is 1.